The highest BCUT2D eigenvalue weighted by molar-refractivity contribution is 4.91. The summed E-state index contributed by atoms with van der Waals surface area (Å²) in [6, 6.07) is 1.36. The lowest BCUT2D eigenvalue weighted by Crippen LogP contribution is -2.54. The van der Waals surface area contributed by atoms with Crippen molar-refractivity contribution in [3.8, 4) is 0 Å². The number of nitrogens with one attached hydrogen (secondary N) is 2. The first-order valence-corrected chi connectivity index (χ1v) is 7.53. The van der Waals surface area contributed by atoms with Crippen LogP contribution in [0.2, 0.25) is 0 Å². The average molecular weight is 240 g/mol. The second kappa shape index (κ2) is 7.38. The summed E-state index contributed by atoms with van der Waals surface area (Å²) in [4.78, 5) is 0. The van der Waals surface area contributed by atoms with Crippen molar-refractivity contribution in [2.24, 2.45) is 5.41 Å². The monoisotopic (exact) mass is 240 g/mol. The van der Waals surface area contributed by atoms with Crippen LogP contribution in [-0.2, 0) is 0 Å². The van der Waals surface area contributed by atoms with Gasteiger partial charge in [0.25, 0.3) is 0 Å². The summed E-state index contributed by atoms with van der Waals surface area (Å²) in [6.45, 7) is 11.7. The quantitative estimate of drug-likeness (QED) is 0.667. The Balaban J connectivity index is 2.22. The van der Waals surface area contributed by atoms with Crippen LogP contribution in [0.3, 0.4) is 0 Å². The predicted molar refractivity (Wildman–Crippen MR) is 76.4 cm³/mol. The van der Waals surface area contributed by atoms with Crippen molar-refractivity contribution >= 4 is 0 Å². The molecule has 2 atom stereocenters. The van der Waals surface area contributed by atoms with E-state index in [-0.39, 0.29) is 0 Å². The molecule has 2 unspecified atom stereocenters. The molecule has 102 valence electrons. The van der Waals surface area contributed by atoms with Crippen LogP contribution in [0, 0.1) is 5.41 Å². The molecule has 2 N–H and O–H groups in total. The molecule has 0 amide bonds. The largest absolute Gasteiger partial charge is 0.316 e. The fourth-order valence-electron chi connectivity index (χ4n) is 2.78. The summed E-state index contributed by atoms with van der Waals surface area (Å²) in [5.74, 6) is 0. The predicted octanol–water partition coefficient (Wildman–Crippen LogP) is 3.32. The first kappa shape index (κ1) is 15.0. The lowest BCUT2D eigenvalue weighted by atomic mass is 9.79. The number of rotatable bonds is 7. The summed E-state index contributed by atoms with van der Waals surface area (Å²) < 4.78 is 0. The molecule has 1 rings (SSSR count). The smallest absolute Gasteiger partial charge is 0.0145 e. The van der Waals surface area contributed by atoms with Gasteiger partial charge < -0.3 is 10.6 Å². The van der Waals surface area contributed by atoms with E-state index in [2.05, 4.69) is 38.3 Å². The topological polar surface area (TPSA) is 24.1 Å². The van der Waals surface area contributed by atoms with E-state index in [9.17, 15) is 0 Å². The molecular weight excluding hydrogens is 208 g/mol. The van der Waals surface area contributed by atoms with Crippen LogP contribution < -0.4 is 10.6 Å². The third-order valence-corrected chi connectivity index (χ3v) is 4.11. The van der Waals surface area contributed by atoms with E-state index in [1.165, 1.54) is 45.1 Å². The Morgan fingerprint density at radius 3 is 2.71 bits per heavy atom. The Morgan fingerprint density at radius 1 is 1.29 bits per heavy atom. The second-order valence-electron chi connectivity index (χ2n) is 6.42. The summed E-state index contributed by atoms with van der Waals surface area (Å²) in [7, 11) is 0. The van der Waals surface area contributed by atoms with Gasteiger partial charge in [0, 0.05) is 18.6 Å². The van der Waals surface area contributed by atoms with Crippen LogP contribution in [0.1, 0.15) is 66.2 Å². The number of hydrogen-bond acceptors (Lipinski definition) is 2. The zero-order valence-corrected chi connectivity index (χ0v) is 12.3. The van der Waals surface area contributed by atoms with Crippen molar-refractivity contribution < 1.29 is 0 Å². The van der Waals surface area contributed by atoms with Crippen LogP contribution in [0.15, 0.2) is 0 Å². The highest BCUT2D eigenvalue weighted by atomic mass is 15.0. The average Bonchev–Trinajstić information content (AvgIpc) is 2.27. The zero-order chi connectivity index (χ0) is 12.7. The Morgan fingerprint density at radius 2 is 2.06 bits per heavy atom. The van der Waals surface area contributed by atoms with Crippen LogP contribution in [0.4, 0.5) is 0 Å². The third kappa shape index (κ3) is 5.39. The van der Waals surface area contributed by atoms with E-state index >= 15 is 0 Å². The van der Waals surface area contributed by atoms with E-state index in [0.29, 0.717) is 17.5 Å². The Hall–Kier alpha value is -0.0800. The van der Waals surface area contributed by atoms with E-state index in [0.717, 1.165) is 6.54 Å². The van der Waals surface area contributed by atoms with Crippen LogP contribution in [0.5, 0.6) is 0 Å². The normalized spacial score (nSPS) is 25.8. The molecule has 0 radical (unpaired) electrons. The summed E-state index contributed by atoms with van der Waals surface area (Å²) in [5.41, 5.74) is 0.399. The third-order valence-electron chi connectivity index (χ3n) is 4.11. The number of unbranched alkanes of at least 4 members (excludes halogenated alkanes) is 3. The Bertz CT molecular complexity index is 201. The van der Waals surface area contributed by atoms with Gasteiger partial charge in [0.1, 0.15) is 0 Å². The molecule has 1 aliphatic heterocycles. The molecule has 1 heterocycles. The van der Waals surface area contributed by atoms with E-state index in [1.807, 2.05) is 0 Å². The minimum atomic E-state index is 0.399. The summed E-state index contributed by atoms with van der Waals surface area (Å²) in [5, 5.41) is 7.34. The first-order chi connectivity index (χ1) is 8.06. The zero-order valence-electron chi connectivity index (χ0n) is 12.3. The van der Waals surface area contributed by atoms with Gasteiger partial charge in [-0.3, -0.25) is 0 Å². The van der Waals surface area contributed by atoms with Gasteiger partial charge in [-0.2, -0.15) is 0 Å². The van der Waals surface area contributed by atoms with Gasteiger partial charge in [0.05, 0.1) is 0 Å². The van der Waals surface area contributed by atoms with Gasteiger partial charge in [-0.1, -0.05) is 46.5 Å². The SMILES string of the molecule is CCCCCCC(C)NC1CCNCC1(C)C. The molecule has 1 aliphatic rings. The molecule has 17 heavy (non-hydrogen) atoms. The Kier molecular flexibility index (Phi) is 6.50. The number of piperidine rings is 1. The van der Waals surface area contributed by atoms with Gasteiger partial charge >= 0.3 is 0 Å². The first-order valence-electron chi connectivity index (χ1n) is 7.53. The summed E-state index contributed by atoms with van der Waals surface area (Å²) in [6.07, 6.45) is 8.12. The molecule has 0 aromatic rings. The molecule has 0 saturated carbocycles. The molecule has 0 bridgehead atoms. The fourth-order valence-corrected chi connectivity index (χ4v) is 2.78. The van der Waals surface area contributed by atoms with Crippen LogP contribution in [-0.4, -0.2) is 25.2 Å². The Labute approximate surface area is 108 Å². The maximum absolute atomic E-state index is 3.85. The van der Waals surface area contributed by atoms with Crippen molar-refractivity contribution in [1.29, 1.82) is 0 Å². The second-order valence-corrected chi connectivity index (χ2v) is 6.42. The fraction of sp³-hybridized carbons (Fsp3) is 1.00. The van der Waals surface area contributed by atoms with Gasteiger partial charge in [-0.25, -0.2) is 0 Å². The highest BCUT2D eigenvalue weighted by Crippen LogP contribution is 2.25. The van der Waals surface area contributed by atoms with Gasteiger partial charge in [0.2, 0.25) is 0 Å². The minimum absolute atomic E-state index is 0.399. The van der Waals surface area contributed by atoms with E-state index in [1.54, 1.807) is 0 Å². The van der Waals surface area contributed by atoms with Crippen LogP contribution >= 0.6 is 0 Å². The molecule has 2 heteroatoms. The standard InChI is InChI=1S/C15H32N2/c1-5-6-7-8-9-13(2)17-14-10-11-16-12-15(14,3)4/h13-14,16-17H,5-12H2,1-4H3. The maximum Gasteiger partial charge on any atom is 0.0145 e. The molecule has 0 aliphatic carbocycles. The van der Waals surface area contributed by atoms with Crippen LogP contribution in [0.25, 0.3) is 0 Å². The van der Waals surface area contributed by atoms with Crippen molar-refractivity contribution in [3.63, 3.8) is 0 Å². The van der Waals surface area contributed by atoms with Gasteiger partial charge in [-0.05, 0) is 31.7 Å². The minimum Gasteiger partial charge on any atom is -0.316 e. The maximum atomic E-state index is 3.85. The van der Waals surface area contributed by atoms with Gasteiger partial charge in [-0.15, -0.1) is 0 Å². The van der Waals surface area contributed by atoms with Crippen molar-refractivity contribution in [2.45, 2.75) is 78.3 Å². The lowest BCUT2D eigenvalue weighted by Gasteiger charge is -2.41. The van der Waals surface area contributed by atoms with Crippen molar-refractivity contribution in [3.05, 3.63) is 0 Å². The van der Waals surface area contributed by atoms with Crippen molar-refractivity contribution in [1.82, 2.24) is 10.6 Å². The summed E-state index contributed by atoms with van der Waals surface area (Å²) >= 11 is 0. The molecule has 1 fully saturated rings. The van der Waals surface area contributed by atoms with E-state index < -0.39 is 0 Å². The molecule has 0 spiro atoms. The molecule has 0 aromatic carbocycles. The number of hydrogen-bond donors (Lipinski definition) is 2. The van der Waals surface area contributed by atoms with Gasteiger partial charge in [0.15, 0.2) is 0 Å². The molecule has 1 saturated heterocycles. The lowest BCUT2D eigenvalue weighted by molar-refractivity contribution is 0.171. The highest BCUT2D eigenvalue weighted by Gasteiger charge is 2.32. The van der Waals surface area contributed by atoms with E-state index in [4.69, 9.17) is 0 Å². The van der Waals surface area contributed by atoms with Crippen molar-refractivity contribution in [2.75, 3.05) is 13.1 Å². The molecule has 2 nitrogen and oxygen atoms in total. The molecule has 0 aromatic heterocycles. The molecular formula is C15H32N2.